The van der Waals surface area contributed by atoms with Crippen LogP contribution in [0.3, 0.4) is 0 Å². The Hall–Kier alpha value is -1.10. The van der Waals surface area contributed by atoms with E-state index in [1.165, 1.54) is 0 Å². The van der Waals surface area contributed by atoms with Crippen molar-refractivity contribution in [2.75, 3.05) is 26.4 Å². The van der Waals surface area contributed by atoms with Gasteiger partial charge in [0, 0.05) is 24.1 Å². The number of rotatable bonds is 5. The Morgan fingerprint density at radius 2 is 2.26 bits per heavy atom. The standard InChI is InChI=1S/C15H23NO3/c1-2-19-13-7-4-3-6-12(13)14(17)15(10-16)8-5-9-18-11-15/h3-4,6-7,14,17H,2,5,8-11,16H2,1H3. The molecule has 2 rings (SSSR count). The average Bonchev–Trinajstić information content (AvgIpc) is 2.48. The van der Waals surface area contributed by atoms with Crippen LogP contribution in [0.5, 0.6) is 5.75 Å². The molecule has 1 saturated heterocycles. The van der Waals surface area contributed by atoms with Crippen molar-refractivity contribution in [3.63, 3.8) is 0 Å². The molecule has 2 atom stereocenters. The van der Waals surface area contributed by atoms with Crippen LogP contribution < -0.4 is 10.5 Å². The summed E-state index contributed by atoms with van der Waals surface area (Å²) in [6, 6.07) is 7.61. The third kappa shape index (κ3) is 2.91. The lowest BCUT2D eigenvalue weighted by Crippen LogP contribution is -2.43. The maximum absolute atomic E-state index is 10.8. The lowest BCUT2D eigenvalue weighted by atomic mass is 9.74. The molecule has 4 heteroatoms. The highest BCUT2D eigenvalue weighted by molar-refractivity contribution is 5.36. The summed E-state index contributed by atoms with van der Waals surface area (Å²) in [5, 5.41) is 10.8. The minimum absolute atomic E-state index is 0.397. The molecular weight excluding hydrogens is 242 g/mol. The third-order valence-corrected chi connectivity index (χ3v) is 3.85. The van der Waals surface area contributed by atoms with Crippen LogP contribution >= 0.6 is 0 Å². The van der Waals surface area contributed by atoms with Gasteiger partial charge >= 0.3 is 0 Å². The van der Waals surface area contributed by atoms with Crippen molar-refractivity contribution in [3.05, 3.63) is 29.8 Å². The first-order valence-corrected chi connectivity index (χ1v) is 6.91. The number of benzene rings is 1. The van der Waals surface area contributed by atoms with E-state index in [9.17, 15) is 5.11 Å². The molecule has 0 radical (unpaired) electrons. The van der Waals surface area contributed by atoms with E-state index in [1.807, 2.05) is 31.2 Å². The van der Waals surface area contributed by atoms with Gasteiger partial charge in [-0.2, -0.15) is 0 Å². The van der Waals surface area contributed by atoms with Crippen LogP contribution in [0.4, 0.5) is 0 Å². The minimum Gasteiger partial charge on any atom is -0.493 e. The highest BCUT2D eigenvalue weighted by atomic mass is 16.5. The quantitative estimate of drug-likeness (QED) is 0.853. The summed E-state index contributed by atoms with van der Waals surface area (Å²) in [5.41, 5.74) is 6.33. The molecule has 19 heavy (non-hydrogen) atoms. The van der Waals surface area contributed by atoms with Gasteiger partial charge < -0.3 is 20.3 Å². The van der Waals surface area contributed by atoms with Gasteiger partial charge in [-0.15, -0.1) is 0 Å². The molecule has 2 unspecified atom stereocenters. The molecule has 1 aliphatic rings. The van der Waals surface area contributed by atoms with Crippen LogP contribution in [0.1, 0.15) is 31.4 Å². The van der Waals surface area contributed by atoms with Crippen molar-refractivity contribution in [2.45, 2.75) is 25.9 Å². The van der Waals surface area contributed by atoms with Crippen LogP contribution in [0.15, 0.2) is 24.3 Å². The number of nitrogens with two attached hydrogens (primary N) is 1. The minimum atomic E-state index is -0.652. The van der Waals surface area contributed by atoms with Gasteiger partial charge in [-0.1, -0.05) is 18.2 Å². The van der Waals surface area contributed by atoms with Crippen LogP contribution in [-0.4, -0.2) is 31.5 Å². The van der Waals surface area contributed by atoms with Gasteiger partial charge in [0.05, 0.1) is 19.3 Å². The molecule has 1 aromatic carbocycles. The third-order valence-electron chi connectivity index (χ3n) is 3.85. The molecular formula is C15H23NO3. The van der Waals surface area contributed by atoms with Crippen molar-refractivity contribution < 1.29 is 14.6 Å². The van der Waals surface area contributed by atoms with Crippen LogP contribution in [0.2, 0.25) is 0 Å². The van der Waals surface area contributed by atoms with Gasteiger partial charge in [0.1, 0.15) is 5.75 Å². The fourth-order valence-corrected chi connectivity index (χ4v) is 2.69. The molecule has 0 aromatic heterocycles. The van der Waals surface area contributed by atoms with E-state index in [4.69, 9.17) is 15.2 Å². The zero-order valence-corrected chi connectivity index (χ0v) is 11.5. The maximum Gasteiger partial charge on any atom is 0.125 e. The number of aliphatic hydroxyl groups excluding tert-OH is 1. The van der Waals surface area contributed by atoms with Crippen LogP contribution in [-0.2, 0) is 4.74 Å². The maximum atomic E-state index is 10.8. The zero-order chi connectivity index (χ0) is 13.7. The Balaban J connectivity index is 2.28. The van der Waals surface area contributed by atoms with Crippen molar-refractivity contribution in [1.29, 1.82) is 0 Å². The Morgan fingerprint density at radius 3 is 2.89 bits per heavy atom. The van der Waals surface area contributed by atoms with Gasteiger partial charge in [-0.05, 0) is 25.8 Å². The molecule has 0 spiro atoms. The highest BCUT2D eigenvalue weighted by Crippen LogP contribution is 2.42. The van der Waals surface area contributed by atoms with Crippen molar-refractivity contribution in [1.82, 2.24) is 0 Å². The number of hydrogen-bond acceptors (Lipinski definition) is 4. The van der Waals surface area contributed by atoms with Crippen LogP contribution in [0, 0.1) is 5.41 Å². The second kappa shape index (κ2) is 6.37. The van der Waals surface area contributed by atoms with E-state index in [-0.39, 0.29) is 0 Å². The smallest absolute Gasteiger partial charge is 0.125 e. The molecule has 3 N–H and O–H groups in total. The summed E-state index contributed by atoms with van der Waals surface area (Å²) >= 11 is 0. The largest absolute Gasteiger partial charge is 0.493 e. The summed E-state index contributed by atoms with van der Waals surface area (Å²) in [6.45, 7) is 4.18. The van der Waals surface area contributed by atoms with Crippen molar-refractivity contribution >= 4 is 0 Å². The Labute approximate surface area is 114 Å². The van der Waals surface area contributed by atoms with E-state index < -0.39 is 11.5 Å². The zero-order valence-electron chi connectivity index (χ0n) is 11.5. The average molecular weight is 265 g/mol. The molecule has 106 valence electrons. The molecule has 0 aliphatic carbocycles. The molecule has 1 fully saturated rings. The lowest BCUT2D eigenvalue weighted by molar-refractivity contribution is -0.0788. The van der Waals surface area contributed by atoms with Gasteiger partial charge in [0.2, 0.25) is 0 Å². The normalized spacial score (nSPS) is 25.0. The van der Waals surface area contributed by atoms with E-state index >= 15 is 0 Å². The number of ether oxygens (including phenoxy) is 2. The number of hydrogen-bond donors (Lipinski definition) is 2. The molecule has 0 saturated carbocycles. The van der Waals surface area contributed by atoms with Gasteiger partial charge in [0.15, 0.2) is 0 Å². The monoisotopic (exact) mass is 265 g/mol. The lowest BCUT2D eigenvalue weighted by Gasteiger charge is -2.40. The van der Waals surface area contributed by atoms with Crippen LogP contribution in [0.25, 0.3) is 0 Å². The Kier molecular flexibility index (Phi) is 4.80. The summed E-state index contributed by atoms with van der Waals surface area (Å²) in [4.78, 5) is 0. The Morgan fingerprint density at radius 1 is 1.47 bits per heavy atom. The summed E-state index contributed by atoms with van der Waals surface area (Å²) in [7, 11) is 0. The van der Waals surface area contributed by atoms with E-state index in [1.54, 1.807) is 0 Å². The van der Waals surface area contributed by atoms with Gasteiger partial charge in [-0.3, -0.25) is 0 Å². The molecule has 1 heterocycles. The summed E-state index contributed by atoms with van der Waals surface area (Å²) < 4.78 is 11.1. The molecule has 1 aromatic rings. The molecule has 0 bridgehead atoms. The second-order valence-corrected chi connectivity index (χ2v) is 5.10. The Bertz CT molecular complexity index is 402. The molecule has 0 amide bonds. The molecule has 4 nitrogen and oxygen atoms in total. The van der Waals surface area contributed by atoms with E-state index in [2.05, 4.69) is 0 Å². The number of para-hydroxylation sites is 1. The van der Waals surface area contributed by atoms with Gasteiger partial charge in [0.25, 0.3) is 0 Å². The first-order chi connectivity index (χ1) is 9.23. The summed E-state index contributed by atoms with van der Waals surface area (Å²) in [5.74, 6) is 0.732. The fraction of sp³-hybridized carbons (Fsp3) is 0.600. The SMILES string of the molecule is CCOc1ccccc1C(O)C1(CN)CCCOC1. The highest BCUT2D eigenvalue weighted by Gasteiger charge is 2.40. The predicted molar refractivity (Wildman–Crippen MR) is 74.1 cm³/mol. The second-order valence-electron chi connectivity index (χ2n) is 5.10. The topological polar surface area (TPSA) is 64.7 Å². The number of aliphatic hydroxyl groups is 1. The van der Waals surface area contributed by atoms with Crippen molar-refractivity contribution in [2.24, 2.45) is 11.1 Å². The van der Waals surface area contributed by atoms with Gasteiger partial charge in [-0.25, -0.2) is 0 Å². The fourth-order valence-electron chi connectivity index (χ4n) is 2.69. The molecule has 1 aliphatic heterocycles. The van der Waals surface area contributed by atoms with E-state index in [0.29, 0.717) is 19.8 Å². The first kappa shape index (κ1) is 14.3. The van der Waals surface area contributed by atoms with E-state index in [0.717, 1.165) is 30.8 Å². The van der Waals surface area contributed by atoms with Crippen molar-refractivity contribution in [3.8, 4) is 5.75 Å². The predicted octanol–water partition coefficient (Wildman–Crippen LogP) is 1.87. The first-order valence-electron chi connectivity index (χ1n) is 6.91. The summed E-state index contributed by atoms with van der Waals surface area (Å²) in [6.07, 6.45) is 1.16.